The van der Waals surface area contributed by atoms with Crippen LogP contribution in [-0.4, -0.2) is 77.3 Å². The lowest BCUT2D eigenvalue weighted by atomic mass is 9.97. The molecule has 17 heteroatoms. The second-order valence-electron chi connectivity index (χ2n) is 11.6. The van der Waals surface area contributed by atoms with Crippen molar-refractivity contribution in [3.05, 3.63) is 77.2 Å². The number of benzene rings is 2. The lowest BCUT2D eigenvalue weighted by Crippen LogP contribution is -2.45. The zero-order chi connectivity index (χ0) is 34.7. The zero-order valence-electron chi connectivity index (χ0n) is 26.8. The van der Waals surface area contributed by atoms with E-state index in [-0.39, 0.29) is 35.8 Å². The summed E-state index contributed by atoms with van der Waals surface area (Å²) in [6.07, 6.45) is 4.87. The number of hydrogen-bond acceptors (Lipinski definition) is 12. The van der Waals surface area contributed by atoms with E-state index < -0.39 is 0 Å². The maximum Gasteiger partial charge on any atom is 0.224 e. The molecule has 0 bridgehead atoms. The molecule has 2 aromatic carbocycles. The summed E-state index contributed by atoms with van der Waals surface area (Å²) in [5.41, 5.74) is 22.4. The number of nitrogens with zero attached hydrogens (tertiary/aromatic N) is 8. The van der Waals surface area contributed by atoms with Gasteiger partial charge in [0.2, 0.25) is 23.7 Å². The van der Waals surface area contributed by atoms with Gasteiger partial charge in [-0.15, -0.1) is 0 Å². The van der Waals surface area contributed by atoms with Crippen LogP contribution < -0.4 is 32.3 Å². The van der Waals surface area contributed by atoms with Crippen molar-refractivity contribution < 1.29 is 9.59 Å². The molecule has 16 nitrogen and oxygen atoms in total. The summed E-state index contributed by atoms with van der Waals surface area (Å²) in [6, 6.07) is 16.0. The SMILES string of the molecule is CC(=O)N1CC(N)Cc2ccccc21.CC(=O)N1CC(Nc2nc(N)nc3[nH]ncc23)Cc2ccccc21.Nc1nc(Cl)c2cn[nH]c2n1. The van der Waals surface area contributed by atoms with Crippen LogP contribution in [0.15, 0.2) is 60.9 Å². The molecule has 0 saturated carbocycles. The minimum absolute atomic E-state index is 0.0182. The topological polar surface area (TPSA) is 240 Å². The Hall–Kier alpha value is -5.87. The number of fused-ring (bicyclic) bond motifs is 4. The third-order valence-electron chi connectivity index (χ3n) is 8.04. The van der Waals surface area contributed by atoms with Gasteiger partial charge in [0.25, 0.3) is 0 Å². The van der Waals surface area contributed by atoms with Gasteiger partial charge in [0.05, 0.1) is 23.2 Å². The molecular weight excluding hydrogens is 648 g/mol. The minimum atomic E-state index is 0.0182. The molecule has 2 amide bonds. The third-order valence-corrected chi connectivity index (χ3v) is 8.33. The quantitative estimate of drug-likeness (QED) is 0.145. The van der Waals surface area contributed by atoms with Gasteiger partial charge < -0.3 is 32.3 Å². The van der Waals surface area contributed by atoms with E-state index in [9.17, 15) is 9.59 Å². The summed E-state index contributed by atoms with van der Waals surface area (Å²) < 4.78 is 0. The molecule has 2 unspecified atom stereocenters. The van der Waals surface area contributed by atoms with Crippen LogP contribution >= 0.6 is 11.6 Å². The first kappa shape index (κ1) is 33.0. The number of amides is 2. The maximum atomic E-state index is 12.0. The Morgan fingerprint density at radius 1 is 0.776 bits per heavy atom. The maximum absolute atomic E-state index is 12.0. The fourth-order valence-corrected chi connectivity index (χ4v) is 6.11. The second kappa shape index (κ2) is 14.1. The first-order valence-corrected chi connectivity index (χ1v) is 15.8. The molecule has 6 heterocycles. The molecule has 49 heavy (non-hydrogen) atoms. The Balaban J connectivity index is 0.000000141. The summed E-state index contributed by atoms with van der Waals surface area (Å²) >= 11 is 5.71. The molecule has 8 rings (SSSR count). The number of nitrogen functional groups attached to an aromatic ring is 2. The van der Waals surface area contributed by atoms with Gasteiger partial charge in [-0.2, -0.15) is 25.1 Å². The van der Waals surface area contributed by atoms with E-state index in [1.165, 1.54) is 5.56 Å². The van der Waals surface area contributed by atoms with Crippen LogP contribution in [0.3, 0.4) is 0 Å². The number of carbonyl (C=O) groups is 2. The molecule has 0 saturated heterocycles. The predicted octanol–water partition coefficient (Wildman–Crippen LogP) is 2.84. The summed E-state index contributed by atoms with van der Waals surface area (Å²) in [6.45, 7) is 4.35. The highest BCUT2D eigenvalue weighted by Gasteiger charge is 2.27. The number of aromatic amines is 2. The number of aromatic nitrogens is 8. The summed E-state index contributed by atoms with van der Waals surface area (Å²) in [4.78, 5) is 42.9. The van der Waals surface area contributed by atoms with Gasteiger partial charge in [-0.3, -0.25) is 19.8 Å². The Morgan fingerprint density at radius 2 is 1.31 bits per heavy atom. The average Bonchev–Trinajstić information content (AvgIpc) is 3.75. The van der Waals surface area contributed by atoms with Crippen LogP contribution in [0.2, 0.25) is 5.15 Å². The van der Waals surface area contributed by atoms with Crippen molar-refractivity contribution in [1.29, 1.82) is 0 Å². The smallest absolute Gasteiger partial charge is 0.224 e. The highest BCUT2D eigenvalue weighted by Crippen LogP contribution is 2.30. The van der Waals surface area contributed by atoms with Gasteiger partial charge in [0.15, 0.2) is 11.3 Å². The van der Waals surface area contributed by atoms with Gasteiger partial charge >= 0.3 is 0 Å². The van der Waals surface area contributed by atoms with Gasteiger partial charge in [-0.25, -0.2) is 4.98 Å². The number of H-pyrrole nitrogens is 2. The summed E-state index contributed by atoms with van der Waals surface area (Å²) in [5, 5.41) is 18.3. The minimum Gasteiger partial charge on any atom is -0.368 e. The Morgan fingerprint density at radius 3 is 1.94 bits per heavy atom. The standard InChI is InChI=1S/C16H17N7O.C11H14N2O.C5H4ClN5/c1-9(24)23-8-11(6-10-4-2-3-5-13(10)23)19-14-12-7-18-22-15(12)21-16(17)20-14;1-8(14)13-7-10(12)6-9-4-2-3-5-11(9)13;6-3-2-1-8-11-4(2)10-5(7)9-3/h2-5,7,11H,6,8H2,1H3,(H4,17,18,19,20,21,22);2-5,10H,6-7,12H2,1H3;1H,(H3,7,8,9,10,11). The monoisotopic (exact) mass is 682 g/mol. The van der Waals surface area contributed by atoms with Crippen LogP contribution in [-0.2, 0) is 22.4 Å². The van der Waals surface area contributed by atoms with Crippen molar-refractivity contribution in [2.75, 3.05) is 39.7 Å². The van der Waals surface area contributed by atoms with E-state index in [0.717, 1.165) is 35.2 Å². The molecule has 4 aromatic heterocycles. The summed E-state index contributed by atoms with van der Waals surface area (Å²) in [5.74, 6) is 1.02. The van der Waals surface area contributed by atoms with Crippen molar-refractivity contribution >= 4 is 74.6 Å². The van der Waals surface area contributed by atoms with Crippen molar-refractivity contribution in [1.82, 2.24) is 40.3 Å². The van der Waals surface area contributed by atoms with Crippen LogP contribution in [0, 0.1) is 0 Å². The largest absolute Gasteiger partial charge is 0.368 e. The van der Waals surface area contributed by atoms with Gasteiger partial charge in [-0.05, 0) is 36.1 Å². The van der Waals surface area contributed by atoms with E-state index >= 15 is 0 Å². The normalized spacial score (nSPS) is 16.5. The third kappa shape index (κ3) is 7.34. The number of halogens is 1. The number of nitrogens with one attached hydrogen (secondary N) is 3. The lowest BCUT2D eigenvalue weighted by molar-refractivity contribution is -0.117. The fraction of sp³-hybridized carbons (Fsp3) is 0.250. The second-order valence-corrected chi connectivity index (χ2v) is 12.0. The van der Waals surface area contributed by atoms with Crippen molar-refractivity contribution in [3.63, 3.8) is 0 Å². The molecule has 252 valence electrons. The number of para-hydroxylation sites is 2. The van der Waals surface area contributed by atoms with E-state index in [0.29, 0.717) is 40.7 Å². The van der Waals surface area contributed by atoms with Crippen molar-refractivity contribution in [2.45, 2.75) is 38.8 Å². The fourth-order valence-electron chi connectivity index (χ4n) is 5.89. The molecule has 0 fully saturated rings. The Kier molecular flexibility index (Phi) is 9.50. The first-order valence-electron chi connectivity index (χ1n) is 15.4. The van der Waals surface area contributed by atoms with Crippen molar-refractivity contribution in [3.8, 4) is 0 Å². The van der Waals surface area contributed by atoms with Crippen molar-refractivity contribution in [2.24, 2.45) is 5.73 Å². The molecule has 2 aliphatic rings. The molecule has 0 spiro atoms. The zero-order valence-corrected chi connectivity index (χ0v) is 27.5. The van der Waals surface area contributed by atoms with Crippen LogP contribution in [0.4, 0.5) is 29.1 Å². The number of rotatable bonds is 2. The van der Waals surface area contributed by atoms with E-state index in [4.69, 9.17) is 28.8 Å². The molecular formula is C32H35ClN14O2. The number of nitrogens with two attached hydrogens (primary N) is 3. The number of anilines is 5. The van der Waals surface area contributed by atoms with E-state index in [2.05, 4.69) is 45.6 Å². The Bertz CT molecular complexity index is 2130. The van der Waals surface area contributed by atoms with Gasteiger partial charge in [0.1, 0.15) is 11.0 Å². The summed E-state index contributed by atoms with van der Waals surface area (Å²) in [7, 11) is 0. The van der Waals surface area contributed by atoms with E-state index in [1.54, 1.807) is 36.0 Å². The highest BCUT2D eigenvalue weighted by atomic mass is 35.5. The van der Waals surface area contributed by atoms with E-state index in [1.807, 2.05) is 48.5 Å². The molecule has 9 N–H and O–H groups in total. The first-order chi connectivity index (χ1) is 23.6. The van der Waals surface area contributed by atoms with Gasteiger partial charge in [-0.1, -0.05) is 48.0 Å². The number of carbonyl (C=O) groups excluding carboxylic acids is 2. The highest BCUT2D eigenvalue weighted by molar-refractivity contribution is 6.34. The predicted molar refractivity (Wildman–Crippen MR) is 189 cm³/mol. The van der Waals surface area contributed by atoms with Crippen LogP contribution in [0.25, 0.3) is 22.1 Å². The average molecular weight is 683 g/mol. The number of hydrogen-bond donors (Lipinski definition) is 6. The lowest BCUT2D eigenvalue weighted by Gasteiger charge is -2.34. The Labute approximate surface area is 285 Å². The van der Waals surface area contributed by atoms with Crippen LogP contribution in [0.5, 0.6) is 0 Å². The molecule has 0 radical (unpaired) electrons. The molecule has 2 aliphatic heterocycles. The molecule has 0 aliphatic carbocycles. The van der Waals surface area contributed by atoms with Gasteiger partial charge in [0, 0.05) is 50.4 Å². The molecule has 2 atom stereocenters. The van der Waals surface area contributed by atoms with Crippen LogP contribution in [0.1, 0.15) is 25.0 Å². The molecule has 6 aromatic rings.